The van der Waals surface area contributed by atoms with Crippen molar-refractivity contribution in [1.29, 1.82) is 0 Å². The second-order valence-corrected chi connectivity index (χ2v) is 3.52. The zero-order valence-electron chi connectivity index (χ0n) is 7.98. The summed E-state index contributed by atoms with van der Waals surface area (Å²) in [5.41, 5.74) is 0.850. The van der Waals surface area contributed by atoms with Gasteiger partial charge in [-0.2, -0.15) is 5.10 Å². The molecule has 15 heavy (non-hydrogen) atoms. The topological polar surface area (TPSA) is 56.5 Å². The number of hydrogen-bond acceptors (Lipinski definition) is 4. The minimum absolute atomic E-state index is 0.246. The Morgan fingerprint density at radius 2 is 2.47 bits per heavy atom. The quantitative estimate of drug-likeness (QED) is 0.779. The van der Waals surface area contributed by atoms with Crippen LogP contribution in [0.15, 0.2) is 22.9 Å². The van der Waals surface area contributed by atoms with E-state index in [0.717, 1.165) is 0 Å². The van der Waals surface area contributed by atoms with Crippen LogP contribution in [0.4, 0.5) is 0 Å². The van der Waals surface area contributed by atoms with Crippen LogP contribution in [-0.2, 0) is 4.74 Å². The van der Waals surface area contributed by atoms with Gasteiger partial charge >= 0.3 is 5.97 Å². The predicted octanol–water partition coefficient (Wildman–Crippen LogP) is 1.67. The minimum Gasteiger partial charge on any atom is -0.461 e. The molecule has 2 aromatic heterocycles. The Kier molecular flexibility index (Phi) is 2.68. The molecule has 0 atom stereocenters. The van der Waals surface area contributed by atoms with E-state index in [4.69, 9.17) is 4.74 Å². The van der Waals surface area contributed by atoms with Crippen LogP contribution in [-0.4, -0.2) is 27.2 Å². The second-order valence-electron chi connectivity index (χ2n) is 2.77. The molecular weight excluding hydrogens is 262 g/mol. The van der Waals surface area contributed by atoms with Crippen LogP contribution in [0.25, 0.3) is 5.65 Å². The summed E-state index contributed by atoms with van der Waals surface area (Å²) in [5.74, 6) is -0.449. The number of carbonyl (C=O) groups excluding carboxylic acids is 1. The van der Waals surface area contributed by atoms with Gasteiger partial charge in [-0.3, -0.25) is 0 Å². The summed E-state index contributed by atoms with van der Waals surface area (Å²) in [4.78, 5) is 15.6. The number of ether oxygens (including phenoxy) is 1. The lowest BCUT2D eigenvalue weighted by Gasteiger charge is -1.97. The first-order valence-electron chi connectivity index (χ1n) is 4.40. The van der Waals surface area contributed by atoms with E-state index in [-0.39, 0.29) is 5.69 Å². The normalized spacial score (nSPS) is 10.5. The van der Waals surface area contributed by atoms with Crippen molar-refractivity contribution in [1.82, 2.24) is 14.6 Å². The third-order valence-corrected chi connectivity index (χ3v) is 2.52. The molecule has 0 radical (unpaired) electrons. The predicted molar refractivity (Wildman–Crippen MR) is 56.6 cm³/mol. The molecule has 5 nitrogen and oxygen atoms in total. The second kappa shape index (κ2) is 3.98. The van der Waals surface area contributed by atoms with E-state index in [1.54, 1.807) is 25.3 Å². The highest BCUT2D eigenvalue weighted by Crippen LogP contribution is 2.18. The highest BCUT2D eigenvalue weighted by Gasteiger charge is 2.18. The highest BCUT2D eigenvalue weighted by atomic mass is 79.9. The molecule has 0 bridgehead atoms. The lowest BCUT2D eigenvalue weighted by atomic mass is 10.5. The fourth-order valence-electron chi connectivity index (χ4n) is 1.19. The molecule has 6 heteroatoms. The first-order valence-corrected chi connectivity index (χ1v) is 5.19. The molecule has 0 aliphatic heterocycles. The van der Waals surface area contributed by atoms with E-state index in [1.807, 2.05) is 0 Å². The van der Waals surface area contributed by atoms with Crippen LogP contribution < -0.4 is 0 Å². The molecule has 2 aromatic rings. The Balaban J connectivity index is 2.53. The molecule has 0 aliphatic carbocycles. The number of aromatic nitrogens is 3. The maximum absolute atomic E-state index is 11.5. The number of esters is 1. The standard InChI is InChI=1S/C9H8BrN3O2/c1-2-15-9(14)7-8(10)13-6(12-7)4-3-5-11-13/h3-5H,2H2,1H3. The Labute approximate surface area is 94.2 Å². The van der Waals surface area contributed by atoms with Gasteiger partial charge in [-0.15, -0.1) is 0 Å². The summed E-state index contributed by atoms with van der Waals surface area (Å²) in [6.45, 7) is 2.08. The van der Waals surface area contributed by atoms with Crippen LogP contribution in [0.2, 0.25) is 0 Å². The lowest BCUT2D eigenvalue weighted by molar-refractivity contribution is 0.0519. The average molecular weight is 270 g/mol. The molecular formula is C9H8BrN3O2. The maximum atomic E-state index is 11.5. The molecule has 78 valence electrons. The van der Waals surface area contributed by atoms with E-state index < -0.39 is 5.97 Å². The molecule has 0 aliphatic rings. The van der Waals surface area contributed by atoms with Gasteiger partial charge in [0.1, 0.15) is 4.60 Å². The van der Waals surface area contributed by atoms with Crippen LogP contribution in [0.1, 0.15) is 17.4 Å². The van der Waals surface area contributed by atoms with E-state index in [9.17, 15) is 4.79 Å². The fourth-order valence-corrected chi connectivity index (χ4v) is 1.71. The van der Waals surface area contributed by atoms with Crippen LogP contribution in [0, 0.1) is 0 Å². The third-order valence-electron chi connectivity index (χ3n) is 1.81. The molecule has 2 heterocycles. The monoisotopic (exact) mass is 269 g/mol. The van der Waals surface area contributed by atoms with E-state index in [0.29, 0.717) is 16.9 Å². The maximum Gasteiger partial charge on any atom is 0.359 e. The van der Waals surface area contributed by atoms with Crippen molar-refractivity contribution in [2.45, 2.75) is 6.92 Å². The zero-order valence-corrected chi connectivity index (χ0v) is 9.56. The van der Waals surface area contributed by atoms with Crippen LogP contribution in [0.5, 0.6) is 0 Å². The third kappa shape index (κ3) is 1.72. The van der Waals surface area contributed by atoms with E-state index in [2.05, 4.69) is 26.0 Å². The molecule has 0 fully saturated rings. The number of fused-ring (bicyclic) bond motifs is 1. The Hall–Kier alpha value is -1.43. The number of halogens is 1. The van der Waals surface area contributed by atoms with Crippen molar-refractivity contribution in [3.8, 4) is 0 Å². The lowest BCUT2D eigenvalue weighted by Crippen LogP contribution is -2.05. The first kappa shape index (κ1) is 10.1. The van der Waals surface area contributed by atoms with Gasteiger partial charge in [0.05, 0.1) is 6.61 Å². The highest BCUT2D eigenvalue weighted by molar-refractivity contribution is 9.10. The molecule has 0 aromatic carbocycles. The summed E-state index contributed by atoms with van der Waals surface area (Å²) in [7, 11) is 0. The zero-order chi connectivity index (χ0) is 10.8. The van der Waals surface area contributed by atoms with Gasteiger partial charge in [0.15, 0.2) is 11.3 Å². The number of nitrogens with zero attached hydrogens (tertiary/aromatic N) is 3. The molecule has 0 amide bonds. The van der Waals surface area contributed by atoms with Gasteiger partial charge in [0.25, 0.3) is 0 Å². The Morgan fingerprint density at radius 1 is 1.67 bits per heavy atom. The van der Waals surface area contributed by atoms with E-state index >= 15 is 0 Å². The van der Waals surface area contributed by atoms with Crippen LogP contribution in [0.3, 0.4) is 0 Å². The Morgan fingerprint density at radius 3 is 3.13 bits per heavy atom. The number of carbonyl (C=O) groups is 1. The molecule has 0 spiro atoms. The van der Waals surface area contributed by atoms with Crippen molar-refractivity contribution in [3.63, 3.8) is 0 Å². The summed E-state index contributed by atoms with van der Waals surface area (Å²) in [5, 5.41) is 4.04. The van der Waals surface area contributed by atoms with Crippen LogP contribution >= 0.6 is 15.9 Å². The number of rotatable bonds is 2. The van der Waals surface area contributed by atoms with Crippen molar-refractivity contribution in [3.05, 3.63) is 28.6 Å². The van der Waals surface area contributed by atoms with Gasteiger partial charge in [-0.1, -0.05) is 0 Å². The van der Waals surface area contributed by atoms with E-state index in [1.165, 1.54) is 4.52 Å². The van der Waals surface area contributed by atoms with Gasteiger partial charge in [0, 0.05) is 6.20 Å². The molecule has 0 saturated carbocycles. The summed E-state index contributed by atoms with van der Waals surface area (Å²) >= 11 is 3.26. The largest absolute Gasteiger partial charge is 0.461 e. The molecule has 0 N–H and O–H groups in total. The summed E-state index contributed by atoms with van der Waals surface area (Å²) in [6, 6.07) is 3.52. The Bertz CT molecular complexity index is 509. The smallest absolute Gasteiger partial charge is 0.359 e. The molecule has 2 rings (SSSR count). The van der Waals surface area contributed by atoms with Crippen molar-refractivity contribution in [2.75, 3.05) is 6.61 Å². The minimum atomic E-state index is -0.449. The summed E-state index contributed by atoms with van der Waals surface area (Å²) < 4.78 is 6.91. The number of hydrogen-bond donors (Lipinski definition) is 0. The van der Waals surface area contributed by atoms with Crippen molar-refractivity contribution >= 4 is 27.5 Å². The fraction of sp³-hybridized carbons (Fsp3) is 0.222. The van der Waals surface area contributed by atoms with Crippen molar-refractivity contribution in [2.24, 2.45) is 0 Å². The summed E-state index contributed by atoms with van der Waals surface area (Å²) in [6.07, 6.45) is 1.62. The van der Waals surface area contributed by atoms with Crippen molar-refractivity contribution < 1.29 is 9.53 Å². The average Bonchev–Trinajstić information content (AvgIpc) is 2.57. The van der Waals surface area contributed by atoms with Gasteiger partial charge in [0.2, 0.25) is 0 Å². The first-order chi connectivity index (χ1) is 7.24. The van der Waals surface area contributed by atoms with Gasteiger partial charge < -0.3 is 4.74 Å². The van der Waals surface area contributed by atoms with Gasteiger partial charge in [-0.25, -0.2) is 14.3 Å². The SMILES string of the molecule is CCOC(=O)c1nc2cccnn2c1Br. The molecule has 0 saturated heterocycles. The number of imidazole rings is 1. The van der Waals surface area contributed by atoms with Gasteiger partial charge in [-0.05, 0) is 35.0 Å². The molecule has 0 unspecified atom stereocenters.